The summed E-state index contributed by atoms with van der Waals surface area (Å²) in [5, 5.41) is 2.34. The van der Waals surface area contributed by atoms with Gasteiger partial charge in [-0.3, -0.25) is 4.79 Å². The molecule has 2 heterocycles. The van der Waals surface area contributed by atoms with Gasteiger partial charge in [0.1, 0.15) is 11.5 Å². The van der Waals surface area contributed by atoms with Gasteiger partial charge in [0.15, 0.2) is 0 Å². The Morgan fingerprint density at radius 1 is 1.10 bits per heavy atom. The number of anilines is 2. The third-order valence-electron chi connectivity index (χ3n) is 2.35. The molecule has 2 aromatic heterocycles. The van der Waals surface area contributed by atoms with E-state index >= 15 is 0 Å². The largest absolute Gasteiger partial charge is 0.417 e. The molecule has 0 unspecified atom stereocenters. The molecule has 1 amide bonds. The third-order valence-corrected chi connectivity index (χ3v) is 2.35. The van der Waals surface area contributed by atoms with Gasteiger partial charge in [0.2, 0.25) is 0 Å². The average molecular weight is 282 g/mol. The molecule has 5 nitrogen and oxygen atoms in total. The van der Waals surface area contributed by atoms with E-state index in [1.807, 2.05) is 0 Å². The number of pyridine rings is 2. The summed E-state index contributed by atoms with van der Waals surface area (Å²) in [5.74, 6) is -0.584. The van der Waals surface area contributed by atoms with Crippen LogP contribution >= 0.6 is 0 Å². The minimum Gasteiger partial charge on any atom is -0.397 e. The monoisotopic (exact) mass is 282 g/mol. The average Bonchev–Trinajstić information content (AvgIpc) is 2.39. The number of hydrogen-bond acceptors (Lipinski definition) is 4. The second kappa shape index (κ2) is 5.16. The minimum atomic E-state index is -4.46. The van der Waals surface area contributed by atoms with E-state index in [-0.39, 0.29) is 11.5 Å². The zero-order valence-electron chi connectivity index (χ0n) is 9.98. The highest BCUT2D eigenvalue weighted by atomic mass is 19.4. The van der Waals surface area contributed by atoms with Crippen molar-refractivity contribution in [1.29, 1.82) is 0 Å². The van der Waals surface area contributed by atoms with E-state index in [0.29, 0.717) is 11.9 Å². The van der Waals surface area contributed by atoms with E-state index < -0.39 is 17.6 Å². The molecular weight excluding hydrogens is 273 g/mol. The van der Waals surface area contributed by atoms with Crippen LogP contribution in [0.15, 0.2) is 36.7 Å². The number of nitrogens with two attached hydrogens (primary N) is 1. The molecule has 0 aliphatic carbocycles. The van der Waals surface area contributed by atoms with Gasteiger partial charge in [-0.15, -0.1) is 0 Å². The quantitative estimate of drug-likeness (QED) is 0.885. The van der Waals surface area contributed by atoms with Crippen molar-refractivity contribution < 1.29 is 18.0 Å². The maximum absolute atomic E-state index is 12.3. The van der Waals surface area contributed by atoms with E-state index in [2.05, 4.69) is 15.3 Å². The van der Waals surface area contributed by atoms with E-state index in [0.717, 1.165) is 12.1 Å². The lowest BCUT2D eigenvalue weighted by atomic mass is 10.2. The van der Waals surface area contributed by atoms with Crippen molar-refractivity contribution in [2.24, 2.45) is 0 Å². The first-order chi connectivity index (χ1) is 9.36. The molecule has 0 aliphatic heterocycles. The molecule has 0 aliphatic rings. The fourth-order valence-corrected chi connectivity index (χ4v) is 1.36. The van der Waals surface area contributed by atoms with Gasteiger partial charge in [0.25, 0.3) is 5.91 Å². The molecule has 20 heavy (non-hydrogen) atoms. The van der Waals surface area contributed by atoms with Crippen molar-refractivity contribution in [2.45, 2.75) is 6.18 Å². The van der Waals surface area contributed by atoms with Crippen LogP contribution in [0.5, 0.6) is 0 Å². The number of amides is 1. The SMILES string of the molecule is Nc1ccc(C(=O)Nc2ccc(C(F)(F)F)cn2)nc1. The van der Waals surface area contributed by atoms with Gasteiger partial charge in [-0.05, 0) is 24.3 Å². The number of aromatic nitrogens is 2. The Morgan fingerprint density at radius 3 is 2.35 bits per heavy atom. The van der Waals surface area contributed by atoms with Crippen molar-refractivity contribution in [3.8, 4) is 0 Å². The molecule has 0 spiro atoms. The van der Waals surface area contributed by atoms with Gasteiger partial charge in [-0.25, -0.2) is 9.97 Å². The normalized spacial score (nSPS) is 11.2. The van der Waals surface area contributed by atoms with Gasteiger partial charge in [0.05, 0.1) is 17.4 Å². The Kier molecular flexibility index (Phi) is 3.55. The summed E-state index contributed by atoms with van der Waals surface area (Å²) in [6.45, 7) is 0. The Balaban J connectivity index is 2.10. The van der Waals surface area contributed by atoms with Crippen LogP contribution in [0, 0.1) is 0 Å². The summed E-state index contributed by atoms with van der Waals surface area (Å²) < 4.78 is 37.0. The van der Waals surface area contributed by atoms with Crippen LogP contribution in [0.4, 0.5) is 24.7 Å². The summed E-state index contributed by atoms with van der Waals surface area (Å²) in [7, 11) is 0. The Morgan fingerprint density at radius 2 is 1.85 bits per heavy atom. The number of nitrogens with zero attached hydrogens (tertiary/aromatic N) is 2. The zero-order chi connectivity index (χ0) is 14.8. The molecular formula is C12H9F3N4O. The molecule has 2 rings (SSSR count). The summed E-state index contributed by atoms with van der Waals surface area (Å²) in [5.41, 5.74) is 5.02. The highest BCUT2D eigenvalue weighted by Gasteiger charge is 2.30. The van der Waals surface area contributed by atoms with Crippen LogP contribution in [0.25, 0.3) is 0 Å². The number of nitrogen functional groups attached to an aromatic ring is 1. The van der Waals surface area contributed by atoms with Crippen LogP contribution in [-0.4, -0.2) is 15.9 Å². The highest BCUT2D eigenvalue weighted by molar-refractivity contribution is 6.02. The molecule has 0 aromatic carbocycles. The molecule has 0 saturated carbocycles. The molecule has 0 fully saturated rings. The smallest absolute Gasteiger partial charge is 0.397 e. The number of alkyl halides is 3. The lowest BCUT2D eigenvalue weighted by Gasteiger charge is -2.07. The minimum absolute atomic E-state index is 0.00150. The molecule has 8 heteroatoms. The van der Waals surface area contributed by atoms with E-state index in [1.54, 1.807) is 0 Å². The number of carbonyl (C=O) groups excluding carboxylic acids is 1. The maximum atomic E-state index is 12.3. The summed E-state index contributed by atoms with van der Waals surface area (Å²) >= 11 is 0. The Bertz CT molecular complexity index is 608. The number of carbonyl (C=O) groups is 1. The fourth-order valence-electron chi connectivity index (χ4n) is 1.36. The van der Waals surface area contributed by atoms with Gasteiger partial charge < -0.3 is 11.1 Å². The standard InChI is InChI=1S/C12H9F3N4O/c13-12(14,15)7-1-4-10(18-5-7)19-11(20)9-3-2-8(16)6-17-9/h1-6H,16H2,(H,18,19,20). The first-order valence-electron chi connectivity index (χ1n) is 5.42. The summed E-state index contributed by atoms with van der Waals surface area (Å²) in [6.07, 6.45) is -2.52. The molecule has 0 bridgehead atoms. The van der Waals surface area contributed by atoms with Crippen molar-refractivity contribution in [3.05, 3.63) is 47.9 Å². The second-order valence-electron chi connectivity index (χ2n) is 3.86. The van der Waals surface area contributed by atoms with Crippen LogP contribution in [-0.2, 0) is 6.18 Å². The van der Waals surface area contributed by atoms with Crippen LogP contribution in [0.1, 0.15) is 16.1 Å². The van der Waals surface area contributed by atoms with Gasteiger partial charge in [0, 0.05) is 6.20 Å². The summed E-state index contributed by atoms with van der Waals surface area (Å²) in [4.78, 5) is 19.0. The Hall–Kier alpha value is -2.64. The van der Waals surface area contributed by atoms with Gasteiger partial charge >= 0.3 is 6.18 Å². The van der Waals surface area contributed by atoms with Crippen LogP contribution in [0.3, 0.4) is 0 Å². The number of rotatable bonds is 2. The van der Waals surface area contributed by atoms with Gasteiger partial charge in [-0.2, -0.15) is 13.2 Å². The van der Waals surface area contributed by atoms with Gasteiger partial charge in [-0.1, -0.05) is 0 Å². The molecule has 0 radical (unpaired) electrons. The van der Waals surface area contributed by atoms with Crippen LogP contribution in [0.2, 0.25) is 0 Å². The lowest BCUT2D eigenvalue weighted by Crippen LogP contribution is -2.15. The molecule has 2 aromatic rings. The first kappa shape index (κ1) is 13.8. The lowest BCUT2D eigenvalue weighted by molar-refractivity contribution is -0.137. The zero-order valence-corrected chi connectivity index (χ0v) is 9.98. The third kappa shape index (κ3) is 3.22. The van der Waals surface area contributed by atoms with E-state index in [4.69, 9.17) is 5.73 Å². The predicted molar refractivity (Wildman–Crippen MR) is 65.8 cm³/mol. The predicted octanol–water partition coefficient (Wildman–Crippen LogP) is 2.33. The number of nitrogens with one attached hydrogen (secondary N) is 1. The summed E-state index contributed by atoms with van der Waals surface area (Å²) in [6, 6.07) is 4.79. The first-order valence-corrected chi connectivity index (χ1v) is 5.42. The maximum Gasteiger partial charge on any atom is 0.417 e. The van der Waals surface area contributed by atoms with Crippen molar-refractivity contribution in [1.82, 2.24) is 9.97 Å². The fraction of sp³-hybridized carbons (Fsp3) is 0.0833. The molecule has 3 N–H and O–H groups in total. The highest BCUT2D eigenvalue weighted by Crippen LogP contribution is 2.28. The topological polar surface area (TPSA) is 80.9 Å². The van der Waals surface area contributed by atoms with Crippen molar-refractivity contribution in [3.63, 3.8) is 0 Å². The van der Waals surface area contributed by atoms with Crippen LogP contribution < -0.4 is 11.1 Å². The van der Waals surface area contributed by atoms with Crippen molar-refractivity contribution >= 4 is 17.4 Å². The van der Waals surface area contributed by atoms with E-state index in [9.17, 15) is 18.0 Å². The molecule has 0 saturated heterocycles. The Labute approximate surface area is 111 Å². The van der Waals surface area contributed by atoms with Crippen molar-refractivity contribution in [2.75, 3.05) is 11.1 Å². The second-order valence-corrected chi connectivity index (χ2v) is 3.86. The number of halogens is 3. The molecule has 0 atom stereocenters. The number of hydrogen-bond donors (Lipinski definition) is 2. The van der Waals surface area contributed by atoms with E-state index in [1.165, 1.54) is 18.3 Å². The molecule has 104 valence electrons.